The highest BCUT2D eigenvalue weighted by molar-refractivity contribution is 7.86. The minimum Gasteiger partial charge on any atom is -0.383 e. The molecule has 0 spiro atoms. The Morgan fingerprint density at radius 3 is 2.65 bits per heavy atom. The van der Waals surface area contributed by atoms with Crippen molar-refractivity contribution in [2.24, 2.45) is 0 Å². The van der Waals surface area contributed by atoms with Crippen LogP contribution < -0.4 is 5.56 Å². The van der Waals surface area contributed by atoms with Crippen molar-refractivity contribution in [2.45, 2.75) is 26.3 Å². The first-order valence-electron chi connectivity index (χ1n) is 8.58. The largest absolute Gasteiger partial charge is 0.383 e. The molecule has 0 aliphatic carbocycles. The van der Waals surface area contributed by atoms with Gasteiger partial charge in [0.15, 0.2) is 0 Å². The number of benzene rings is 1. The lowest BCUT2D eigenvalue weighted by Crippen LogP contribution is -2.43. The molecule has 0 amide bonds. The predicted molar refractivity (Wildman–Crippen MR) is 101 cm³/mol. The summed E-state index contributed by atoms with van der Waals surface area (Å²) in [6.07, 6.45) is 1.68. The maximum absolute atomic E-state index is 12.9. The lowest BCUT2D eigenvalue weighted by molar-refractivity contribution is 0.174. The zero-order valence-electron chi connectivity index (χ0n) is 15.4. The molecule has 0 aliphatic rings. The number of nitrogens with one attached hydrogen (secondary N) is 1. The number of hydrogen-bond donors (Lipinski definition) is 1. The van der Waals surface area contributed by atoms with Crippen molar-refractivity contribution in [3.63, 3.8) is 0 Å². The molecular formula is C17H26N4O4S. The van der Waals surface area contributed by atoms with Crippen molar-refractivity contribution < 1.29 is 13.2 Å². The van der Waals surface area contributed by atoms with Gasteiger partial charge in [-0.25, -0.2) is 4.98 Å². The van der Waals surface area contributed by atoms with E-state index in [9.17, 15) is 13.2 Å². The molecule has 1 aromatic carbocycles. The van der Waals surface area contributed by atoms with Crippen LogP contribution in [0.25, 0.3) is 10.9 Å². The molecule has 26 heavy (non-hydrogen) atoms. The summed E-state index contributed by atoms with van der Waals surface area (Å²) in [5, 5.41) is 0.475. The van der Waals surface area contributed by atoms with Gasteiger partial charge >= 0.3 is 0 Å². The highest BCUT2D eigenvalue weighted by Gasteiger charge is 2.27. The number of aromatic nitrogens is 2. The van der Waals surface area contributed by atoms with Crippen molar-refractivity contribution >= 4 is 21.1 Å². The number of nitrogens with zero attached hydrogens (tertiary/aromatic N) is 3. The van der Waals surface area contributed by atoms with Gasteiger partial charge < -0.3 is 9.72 Å². The maximum atomic E-state index is 12.9. The summed E-state index contributed by atoms with van der Waals surface area (Å²) in [5.74, 6) is 0.303. The van der Waals surface area contributed by atoms with Gasteiger partial charge in [0.05, 0.1) is 24.1 Å². The summed E-state index contributed by atoms with van der Waals surface area (Å²) in [6, 6.07) is 6.96. The highest BCUT2D eigenvalue weighted by atomic mass is 32.2. The number of fused-ring (bicyclic) bond motifs is 1. The third-order valence-electron chi connectivity index (χ3n) is 4.08. The van der Waals surface area contributed by atoms with E-state index < -0.39 is 10.2 Å². The van der Waals surface area contributed by atoms with Crippen LogP contribution >= 0.6 is 0 Å². The molecule has 1 heterocycles. The normalized spacial score (nSPS) is 12.3. The first kappa shape index (κ1) is 20.5. The Morgan fingerprint density at radius 2 is 1.96 bits per heavy atom. The molecule has 0 atom stereocenters. The molecule has 0 saturated carbocycles. The molecule has 0 aliphatic heterocycles. The molecule has 2 rings (SSSR count). The summed E-state index contributed by atoms with van der Waals surface area (Å²) in [6.45, 7) is 2.84. The summed E-state index contributed by atoms with van der Waals surface area (Å²) >= 11 is 0. The van der Waals surface area contributed by atoms with E-state index in [1.165, 1.54) is 15.7 Å². The third kappa shape index (κ3) is 4.88. The van der Waals surface area contributed by atoms with E-state index in [1.54, 1.807) is 31.3 Å². The lowest BCUT2D eigenvalue weighted by atomic mass is 10.2. The van der Waals surface area contributed by atoms with Gasteiger partial charge in [-0.05, 0) is 18.6 Å². The Morgan fingerprint density at radius 1 is 1.23 bits per heavy atom. The molecule has 2 aromatic rings. The van der Waals surface area contributed by atoms with Gasteiger partial charge in [0.1, 0.15) is 5.82 Å². The van der Waals surface area contributed by atoms with Crippen molar-refractivity contribution in [2.75, 3.05) is 33.9 Å². The standard InChI is InChI=1S/C17H26N4O4S/c1-4-5-10-20(2)26(23,24)21(11-12-25-3)13-16-18-15-9-7-6-8-14(15)17(22)19-16/h6-9H,4-5,10-13H2,1-3H3,(H,18,19,22). The number of ether oxygens (including phenoxy) is 1. The average molecular weight is 382 g/mol. The van der Waals surface area contributed by atoms with Crippen LogP contribution in [-0.4, -0.2) is 60.9 Å². The minimum atomic E-state index is -3.69. The SMILES string of the molecule is CCCCN(C)S(=O)(=O)N(CCOC)Cc1nc2ccccc2c(=O)[nH]1. The Balaban J connectivity index is 2.31. The van der Waals surface area contributed by atoms with E-state index in [0.717, 1.165) is 12.8 Å². The number of methoxy groups -OCH3 is 1. The van der Waals surface area contributed by atoms with E-state index in [4.69, 9.17) is 4.74 Å². The van der Waals surface area contributed by atoms with Gasteiger partial charge in [-0.15, -0.1) is 0 Å². The topological polar surface area (TPSA) is 95.6 Å². The van der Waals surface area contributed by atoms with Crippen molar-refractivity contribution in [3.05, 3.63) is 40.4 Å². The molecular weight excluding hydrogens is 356 g/mol. The van der Waals surface area contributed by atoms with Gasteiger partial charge in [-0.1, -0.05) is 25.5 Å². The summed E-state index contributed by atoms with van der Waals surface area (Å²) < 4.78 is 33.4. The van der Waals surface area contributed by atoms with Gasteiger partial charge in [-0.3, -0.25) is 4.79 Å². The molecule has 0 saturated heterocycles. The van der Waals surface area contributed by atoms with Crippen LogP contribution in [0.5, 0.6) is 0 Å². The Labute approximate surface area is 154 Å². The first-order chi connectivity index (χ1) is 12.4. The fourth-order valence-electron chi connectivity index (χ4n) is 2.54. The number of unbranched alkanes of at least 4 members (excludes halogenated alkanes) is 1. The van der Waals surface area contributed by atoms with Crippen LogP contribution in [0.15, 0.2) is 29.1 Å². The molecule has 0 radical (unpaired) electrons. The van der Waals surface area contributed by atoms with Crippen LogP contribution in [0.3, 0.4) is 0 Å². The predicted octanol–water partition coefficient (Wildman–Crippen LogP) is 1.35. The fourth-order valence-corrected chi connectivity index (χ4v) is 3.88. The van der Waals surface area contributed by atoms with Crippen molar-refractivity contribution in [1.82, 2.24) is 18.6 Å². The molecule has 0 bridgehead atoms. The zero-order valence-corrected chi connectivity index (χ0v) is 16.3. The third-order valence-corrected chi connectivity index (χ3v) is 6.01. The Kier molecular flexibility index (Phi) is 7.27. The van der Waals surface area contributed by atoms with E-state index in [1.807, 2.05) is 6.92 Å². The second-order valence-electron chi connectivity index (χ2n) is 6.04. The number of H-pyrrole nitrogens is 1. The zero-order chi connectivity index (χ0) is 19.2. The summed E-state index contributed by atoms with van der Waals surface area (Å²) in [4.78, 5) is 19.3. The molecule has 144 valence electrons. The average Bonchev–Trinajstić information content (AvgIpc) is 2.63. The molecule has 1 N–H and O–H groups in total. The van der Waals surface area contributed by atoms with Crippen LogP contribution in [0, 0.1) is 0 Å². The summed E-state index contributed by atoms with van der Waals surface area (Å²) in [7, 11) is -0.613. The first-order valence-corrected chi connectivity index (χ1v) is 9.98. The van der Waals surface area contributed by atoms with Crippen molar-refractivity contribution in [3.8, 4) is 0 Å². The van der Waals surface area contributed by atoms with Gasteiger partial charge in [-0.2, -0.15) is 17.0 Å². The molecule has 0 unspecified atom stereocenters. The van der Waals surface area contributed by atoms with Gasteiger partial charge in [0, 0.05) is 27.2 Å². The monoisotopic (exact) mass is 382 g/mol. The second kappa shape index (κ2) is 9.22. The van der Waals surface area contributed by atoms with E-state index in [-0.39, 0.29) is 25.3 Å². The van der Waals surface area contributed by atoms with E-state index >= 15 is 0 Å². The van der Waals surface area contributed by atoms with Crippen LogP contribution in [0.1, 0.15) is 25.6 Å². The fraction of sp³-hybridized carbons (Fsp3) is 0.529. The molecule has 9 heteroatoms. The lowest BCUT2D eigenvalue weighted by Gasteiger charge is -2.27. The Bertz CT molecular complexity index is 882. The highest BCUT2D eigenvalue weighted by Crippen LogP contribution is 2.12. The Hall–Kier alpha value is -1.81. The number of aromatic amines is 1. The smallest absolute Gasteiger partial charge is 0.282 e. The van der Waals surface area contributed by atoms with E-state index in [2.05, 4.69) is 9.97 Å². The summed E-state index contributed by atoms with van der Waals surface area (Å²) in [5.41, 5.74) is 0.253. The van der Waals surface area contributed by atoms with Crippen LogP contribution in [0.2, 0.25) is 0 Å². The van der Waals surface area contributed by atoms with Crippen LogP contribution in [-0.2, 0) is 21.5 Å². The minimum absolute atomic E-state index is 0.0256. The van der Waals surface area contributed by atoms with Crippen LogP contribution in [0.4, 0.5) is 0 Å². The number of rotatable bonds is 10. The van der Waals surface area contributed by atoms with Gasteiger partial charge in [0.25, 0.3) is 15.8 Å². The molecule has 1 aromatic heterocycles. The molecule has 8 nitrogen and oxygen atoms in total. The number of para-hydroxylation sites is 1. The molecule has 0 fully saturated rings. The quantitative estimate of drug-likeness (QED) is 0.669. The number of hydrogen-bond acceptors (Lipinski definition) is 5. The maximum Gasteiger partial charge on any atom is 0.282 e. The van der Waals surface area contributed by atoms with Gasteiger partial charge in [0.2, 0.25) is 0 Å². The second-order valence-corrected chi connectivity index (χ2v) is 8.07. The van der Waals surface area contributed by atoms with E-state index in [0.29, 0.717) is 23.3 Å². The van der Waals surface area contributed by atoms with Crippen molar-refractivity contribution in [1.29, 1.82) is 0 Å².